The van der Waals surface area contributed by atoms with Crippen LogP contribution in [0.25, 0.3) is 35.4 Å². The average Bonchev–Trinajstić information content (AvgIpc) is 3.66. The lowest BCUT2D eigenvalue weighted by Crippen LogP contribution is -2.23. The van der Waals surface area contributed by atoms with E-state index in [-0.39, 0.29) is 11.6 Å². The Morgan fingerprint density at radius 1 is 0.426 bits per heavy atom. The summed E-state index contributed by atoms with van der Waals surface area (Å²) in [4.78, 5) is 4.55. The second kappa shape index (κ2) is 20.9. The van der Waals surface area contributed by atoms with Crippen LogP contribution in [-0.2, 0) is 25.2 Å². The summed E-state index contributed by atoms with van der Waals surface area (Å²) in [7, 11) is -3.45. The zero-order chi connectivity index (χ0) is 46.9. The number of benzene rings is 8. The van der Waals surface area contributed by atoms with E-state index >= 15 is 0 Å². The molecule has 9 rings (SSSR count). The first-order valence-electron chi connectivity index (χ1n) is 23.9. The van der Waals surface area contributed by atoms with Crippen molar-refractivity contribution in [2.75, 3.05) is 23.0 Å². The Kier molecular flexibility index (Phi) is 14.2. The Balaban J connectivity index is 1.04. The van der Waals surface area contributed by atoms with Crippen LogP contribution >= 0.6 is 7.60 Å². The zero-order valence-corrected chi connectivity index (χ0v) is 40.4. The molecule has 0 aliphatic heterocycles. The van der Waals surface area contributed by atoms with Crippen LogP contribution in [0.3, 0.4) is 0 Å². The Labute approximate surface area is 403 Å². The second-order valence-electron chi connectivity index (χ2n) is 17.2. The summed E-state index contributed by atoms with van der Waals surface area (Å²) in [6.07, 6.45) is 10.8. The molecule has 0 heterocycles. The van der Waals surface area contributed by atoms with E-state index in [2.05, 4.69) is 236 Å². The highest BCUT2D eigenvalue weighted by Crippen LogP contribution is 2.58. The standard InChI is InChI=1S/C62H59N2O3P/c1-5-62(6-2)59-44-49(31-29-47-33-38-56(39-34-47)63(52-21-13-9-14-22-52)53-23-15-10-16-24-53)37-42-58(59)61-51(46-68(65,66-7-3)67-8-4)43-50(45-60(61)62)32-30-48-35-40-57(41-36-48)64(54-25-17-11-18-26-54)55-27-19-12-20-28-55/h9-45H,5-8,46H2,1-4H3/b31-29+,32-30+. The van der Waals surface area contributed by atoms with Gasteiger partial charge in [-0.25, -0.2) is 0 Å². The third-order valence-corrected chi connectivity index (χ3v) is 15.1. The van der Waals surface area contributed by atoms with Crippen LogP contribution < -0.4 is 9.80 Å². The summed E-state index contributed by atoms with van der Waals surface area (Å²) in [6.45, 7) is 8.96. The van der Waals surface area contributed by atoms with Crippen LogP contribution in [0.1, 0.15) is 79.5 Å². The summed E-state index contributed by atoms with van der Waals surface area (Å²) in [5.41, 5.74) is 16.7. The van der Waals surface area contributed by atoms with E-state index in [9.17, 15) is 4.57 Å². The van der Waals surface area contributed by atoms with Gasteiger partial charge >= 0.3 is 7.60 Å². The van der Waals surface area contributed by atoms with Crippen LogP contribution in [0.4, 0.5) is 34.1 Å². The highest BCUT2D eigenvalue weighted by Gasteiger charge is 2.43. The molecule has 0 fully saturated rings. The maximum atomic E-state index is 14.4. The third-order valence-electron chi connectivity index (χ3n) is 13.1. The minimum atomic E-state index is -3.45. The molecule has 68 heavy (non-hydrogen) atoms. The molecule has 0 unspecified atom stereocenters. The van der Waals surface area contributed by atoms with Crippen LogP contribution in [0.2, 0.25) is 0 Å². The molecule has 0 saturated heterocycles. The Morgan fingerprint density at radius 3 is 1.21 bits per heavy atom. The van der Waals surface area contributed by atoms with Gasteiger partial charge in [0.2, 0.25) is 0 Å². The van der Waals surface area contributed by atoms with Crippen molar-refractivity contribution < 1.29 is 13.6 Å². The van der Waals surface area contributed by atoms with Gasteiger partial charge in [-0.05, 0) is 150 Å². The number of nitrogens with zero attached hydrogens (tertiary/aromatic N) is 2. The second-order valence-corrected chi connectivity index (χ2v) is 19.2. The van der Waals surface area contributed by atoms with Crippen molar-refractivity contribution >= 4 is 66.0 Å². The number of hydrogen-bond donors (Lipinski definition) is 0. The molecule has 1 aliphatic rings. The van der Waals surface area contributed by atoms with Gasteiger partial charge in [0.15, 0.2) is 0 Å². The van der Waals surface area contributed by atoms with Crippen LogP contribution in [-0.4, -0.2) is 13.2 Å². The van der Waals surface area contributed by atoms with E-state index in [1.54, 1.807) is 0 Å². The fourth-order valence-corrected chi connectivity index (χ4v) is 11.6. The van der Waals surface area contributed by atoms with Crippen molar-refractivity contribution in [1.82, 2.24) is 0 Å². The van der Waals surface area contributed by atoms with Gasteiger partial charge in [-0.1, -0.05) is 166 Å². The summed E-state index contributed by atoms with van der Waals surface area (Å²) < 4.78 is 26.3. The average molecular weight is 911 g/mol. The molecule has 1 aliphatic carbocycles. The van der Waals surface area contributed by atoms with Crippen molar-refractivity contribution in [3.8, 4) is 11.1 Å². The van der Waals surface area contributed by atoms with Gasteiger partial charge in [-0.3, -0.25) is 4.57 Å². The van der Waals surface area contributed by atoms with Gasteiger partial charge in [-0.15, -0.1) is 0 Å². The summed E-state index contributed by atoms with van der Waals surface area (Å²) in [5, 5.41) is 0. The first kappa shape index (κ1) is 46.1. The number of fused-ring (bicyclic) bond motifs is 3. The maximum absolute atomic E-state index is 14.4. The SMILES string of the molecule is CCOP(=O)(Cc1cc(/C=C/c2ccc(N(c3ccccc3)c3ccccc3)cc2)cc2c1-c1ccc(/C=C/c3ccc(N(c4ccccc4)c4ccccc4)cc3)cc1C2(CC)CC)OCC. The van der Waals surface area contributed by atoms with Gasteiger partial charge in [-0.2, -0.15) is 0 Å². The summed E-state index contributed by atoms with van der Waals surface area (Å²) in [5.74, 6) is 0. The fourth-order valence-electron chi connectivity index (χ4n) is 9.87. The predicted octanol–water partition coefficient (Wildman–Crippen LogP) is 17.8. The molecule has 0 aromatic heterocycles. The van der Waals surface area contributed by atoms with E-state index in [0.717, 1.165) is 80.3 Å². The molecule has 340 valence electrons. The smallest absolute Gasteiger partial charge is 0.311 e. The van der Waals surface area contributed by atoms with Crippen molar-refractivity contribution in [2.24, 2.45) is 0 Å². The van der Waals surface area contributed by atoms with E-state index in [0.29, 0.717) is 13.2 Å². The van der Waals surface area contributed by atoms with Gasteiger partial charge in [0.05, 0.1) is 19.4 Å². The highest BCUT2D eigenvalue weighted by molar-refractivity contribution is 7.53. The third kappa shape index (κ3) is 9.70. The Bertz CT molecular complexity index is 2950. The van der Waals surface area contributed by atoms with E-state index in [4.69, 9.17) is 9.05 Å². The molecular weight excluding hydrogens is 852 g/mol. The molecule has 0 N–H and O–H groups in total. The molecule has 0 radical (unpaired) electrons. The Morgan fingerprint density at radius 2 is 0.794 bits per heavy atom. The van der Waals surface area contributed by atoms with Crippen molar-refractivity contribution in [2.45, 2.75) is 52.1 Å². The normalized spacial score (nSPS) is 12.9. The summed E-state index contributed by atoms with van der Waals surface area (Å²) >= 11 is 0. The maximum Gasteiger partial charge on any atom is 0.335 e. The minimum absolute atomic E-state index is 0.189. The largest absolute Gasteiger partial charge is 0.335 e. The van der Waals surface area contributed by atoms with E-state index in [1.807, 2.05) is 26.0 Å². The molecule has 0 spiro atoms. The molecule has 8 aromatic carbocycles. The number of rotatable bonds is 18. The van der Waals surface area contributed by atoms with Crippen LogP contribution in [0.5, 0.6) is 0 Å². The Hall–Kier alpha value is -7.01. The molecular formula is C62H59N2O3P. The molecule has 0 saturated carbocycles. The van der Waals surface area contributed by atoms with Gasteiger partial charge < -0.3 is 18.8 Å². The van der Waals surface area contributed by atoms with Gasteiger partial charge in [0.25, 0.3) is 0 Å². The number of anilines is 6. The number of para-hydroxylation sites is 4. The lowest BCUT2D eigenvalue weighted by atomic mass is 9.73. The molecule has 8 aromatic rings. The molecule has 0 bridgehead atoms. The topological polar surface area (TPSA) is 42.0 Å². The molecule has 6 heteroatoms. The minimum Gasteiger partial charge on any atom is -0.311 e. The quantitative estimate of drug-likeness (QED) is 0.0634. The molecule has 0 atom stereocenters. The van der Waals surface area contributed by atoms with Crippen molar-refractivity contribution in [3.05, 3.63) is 239 Å². The van der Waals surface area contributed by atoms with Crippen molar-refractivity contribution in [3.63, 3.8) is 0 Å². The monoisotopic (exact) mass is 910 g/mol. The lowest BCUT2D eigenvalue weighted by molar-refractivity contribution is 0.219. The van der Waals surface area contributed by atoms with Crippen molar-refractivity contribution in [1.29, 1.82) is 0 Å². The van der Waals surface area contributed by atoms with Gasteiger partial charge in [0, 0.05) is 39.5 Å². The highest BCUT2D eigenvalue weighted by atomic mass is 31.2. The predicted molar refractivity (Wildman–Crippen MR) is 288 cm³/mol. The fraction of sp³-hybridized carbons (Fsp3) is 0.161. The number of hydrogen-bond acceptors (Lipinski definition) is 5. The first-order chi connectivity index (χ1) is 33.3. The van der Waals surface area contributed by atoms with Gasteiger partial charge in [0.1, 0.15) is 0 Å². The van der Waals surface area contributed by atoms with Crippen LogP contribution in [0.15, 0.2) is 200 Å². The van der Waals surface area contributed by atoms with E-state index in [1.165, 1.54) is 16.7 Å². The lowest BCUT2D eigenvalue weighted by Gasteiger charge is -2.30. The van der Waals surface area contributed by atoms with Crippen LogP contribution in [0, 0.1) is 0 Å². The summed E-state index contributed by atoms with van der Waals surface area (Å²) in [6, 6.07) is 70.8. The first-order valence-corrected chi connectivity index (χ1v) is 25.6. The molecule has 0 amide bonds. The van der Waals surface area contributed by atoms with E-state index < -0.39 is 7.60 Å². The molecule has 5 nitrogen and oxygen atoms in total. The zero-order valence-electron chi connectivity index (χ0n) is 39.5.